The summed E-state index contributed by atoms with van der Waals surface area (Å²) in [5.74, 6) is 0.825. The molecule has 2 heterocycles. The number of carbonyl (C=O) groups is 1. The van der Waals surface area contributed by atoms with Crippen LogP contribution in [0.15, 0.2) is 11.4 Å². The molecular weight excluding hydrogens is 371 g/mol. The molecule has 6 heteroatoms. The summed E-state index contributed by atoms with van der Waals surface area (Å²) in [7, 11) is 0. The van der Waals surface area contributed by atoms with Crippen LogP contribution in [-0.4, -0.2) is 54.3 Å². The molecule has 1 saturated heterocycles. The molecule has 1 aliphatic heterocycles. The molecule has 94 valence electrons. The molecule has 1 aromatic rings. The molecule has 0 saturated carbocycles. The van der Waals surface area contributed by atoms with E-state index in [-0.39, 0.29) is 5.91 Å². The van der Waals surface area contributed by atoms with E-state index in [0.717, 1.165) is 41.2 Å². The third-order valence-electron chi connectivity index (χ3n) is 2.87. The molecule has 1 aromatic heterocycles. The van der Waals surface area contributed by atoms with E-state index in [1.807, 2.05) is 16.3 Å². The lowest BCUT2D eigenvalue weighted by Gasteiger charge is -2.34. The number of hydrogen-bond acceptors (Lipinski definition) is 3. The minimum Gasteiger partial charge on any atom is -0.336 e. The van der Waals surface area contributed by atoms with Crippen molar-refractivity contribution in [2.75, 3.05) is 38.6 Å². The first-order chi connectivity index (χ1) is 8.20. The minimum atomic E-state index is 0.162. The first-order valence-corrected chi connectivity index (χ1v) is 8.01. The Morgan fingerprint density at radius 2 is 2.12 bits per heavy atom. The van der Waals surface area contributed by atoms with Gasteiger partial charge in [0, 0.05) is 44.0 Å². The van der Waals surface area contributed by atoms with Crippen molar-refractivity contribution >= 4 is 51.4 Å². The van der Waals surface area contributed by atoms with Crippen molar-refractivity contribution in [1.29, 1.82) is 0 Å². The maximum atomic E-state index is 12.2. The van der Waals surface area contributed by atoms with Crippen molar-refractivity contribution in [2.45, 2.75) is 0 Å². The number of thiophene rings is 1. The fraction of sp³-hybridized carbons (Fsp3) is 0.545. The molecule has 0 bridgehead atoms. The maximum absolute atomic E-state index is 12.2. The highest BCUT2D eigenvalue weighted by atomic mass is 127. The molecule has 0 aromatic carbocycles. The van der Waals surface area contributed by atoms with Crippen molar-refractivity contribution in [2.24, 2.45) is 0 Å². The van der Waals surface area contributed by atoms with Crippen molar-refractivity contribution in [1.82, 2.24) is 9.80 Å². The summed E-state index contributed by atoms with van der Waals surface area (Å²) in [6, 6.07) is 1.96. The molecule has 1 amide bonds. The Balaban J connectivity index is 1.90. The smallest absolute Gasteiger partial charge is 0.254 e. The Kier molecular flexibility index (Phi) is 5.08. The number of rotatable bonds is 3. The normalized spacial score (nSPS) is 17.4. The maximum Gasteiger partial charge on any atom is 0.254 e. The van der Waals surface area contributed by atoms with Gasteiger partial charge in [0.05, 0.1) is 8.45 Å². The Morgan fingerprint density at radius 1 is 1.41 bits per heavy atom. The highest BCUT2D eigenvalue weighted by Crippen LogP contribution is 2.18. The van der Waals surface area contributed by atoms with E-state index in [1.54, 1.807) is 11.3 Å². The van der Waals surface area contributed by atoms with Gasteiger partial charge in [-0.2, -0.15) is 0 Å². The average Bonchev–Trinajstić information content (AvgIpc) is 2.76. The van der Waals surface area contributed by atoms with Crippen molar-refractivity contribution in [3.8, 4) is 0 Å². The van der Waals surface area contributed by atoms with Gasteiger partial charge in [0.25, 0.3) is 5.91 Å². The number of alkyl halides is 1. The van der Waals surface area contributed by atoms with Gasteiger partial charge in [-0.3, -0.25) is 9.69 Å². The van der Waals surface area contributed by atoms with Crippen LogP contribution in [0.1, 0.15) is 10.4 Å². The van der Waals surface area contributed by atoms with E-state index in [9.17, 15) is 4.79 Å². The number of piperazine rings is 1. The largest absolute Gasteiger partial charge is 0.336 e. The van der Waals surface area contributed by atoms with Crippen molar-refractivity contribution in [3.05, 3.63) is 19.9 Å². The lowest BCUT2D eigenvalue weighted by Crippen LogP contribution is -2.49. The molecule has 3 nitrogen and oxygen atoms in total. The molecule has 0 aliphatic carbocycles. The summed E-state index contributed by atoms with van der Waals surface area (Å²) in [4.78, 5) is 16.4. The fourth-order valence-corrected chi connectivity index (χ4v) is 3.46. The molecule has 0 radical (unpaired) electrons. The van der Waals surface area contributed by atoms with Crippen LogP contribution in [0, 0.1) is 2.88 Å². The molecule has 1 fully saturated rings. The SMILES string of the molecule is O=C(c1csc(I)c1)N1CCN(CCCl)CC1. The van der Waals surface area contributed by atoms with Crippen LogP contribution in [0.2, 0.25) is 0 Å². The molecule has 17 heavy (non-hydrogen) atoms. The molecular formula is C11H14ClIN2OS. The summed E-state index contributed by atoms with van der Waals surface area (Å²) in [6.07, 6.45) is 0. The van der Waals surface area contributed by atoms with Crippen molar-refractivity contribution in [3.63, 3.8) is 0 Å². The molecule has 0 unspecified atom stereocenters. The number of carbonyl (C=O) groups excluding carboxylic acids is 1. The van der Waals surface area contributed by atoms with Crippen LogP contribution in [-0.2, 0) is 0 Å². The zero-order chi connectivity index (χ0) is 12.3. The Hall–Kier alpha value is 0.150. The average molecular weight is 385 g/mol. The van der Waals surface area contributed by atoms with Crippen LogP contribution in [0.5, 0.6) is 0 Å². The molecule has 1 aliphatic rings. The van der Waals surface area contributed by atoms with Crippen LogP contribution >= 0.6 is 45.5 Å². The quantitative estimate of drug-likeness (QED) is 0.590. The second-order valence-electron chi connectivity index (χ2n) is 3.96. The van der Waals surface area contributed by atoms with Gasteiger partial charge < -0.3 is 4.90 Å². The summed E-state index contributed by atoms with van der Waals surface area (Å²) >= 11 is 9.57. The van der Waals surface area contributed by atoms with Gasteiger partial charge in [-0.05, 0) is 28.7 Å². The van der Waals surface area contributed by atoms with E-state index in [2.05, 4.69) is 27.5 Å². The lowest BCUT2D eigenvalue weighted by molar-refractivity contribution is 0.0645. The highest BCUT2D eigenvalue weighted by Gasteiger charge is 2.22. The second-order valence-corrected chi connectivity index (χ2v) is 7.15. The van der Waals surface area contributed by atoms with Crippen molar-refractivity contribution < 1.29 is 4.79 Å². The summed E-state index contributed by atoms with van der Waals surface area (Å²) < 4.78 is 1.16. The lowest BCUT2D eigenvalue weighted by atomic mass is 10.2. The topological polar surface area (TPSA) is 23.6 Å². The first-order valence-electron chi connectivity index (χ1n) is 5.52. The predicted molar refractivity (Wildman–Crippen MR) is 80.1 cm³/mol. The number of amides is 1. The standard InChI is InChI=1S/C11H14ClIN2OS/c12-1-2-14-3-5-15(6-4-14)11(16)9-7-10(13)17-8-9/h7-8H,1-6H2. The Morgan fingerprint density at radius 3 is 2.65 bits per heavy atom. The second kappa shape index (κ2) is 6.36. The van der Waals surface area contributed by atoms with Gasteiger partial charge in [0.2, 0.25) is 0 Å². The van der Waals surface area contributed by atoms with Gasteiger partial charge in [-0.25, -0.2) is 0 Å². The van der Waals surface area contributed by atoms with Gasteiger partial charge in [-0.15, -0.1) is 22.9 Å². The molecule has 0 spiro atoms. The minimum absolute atomic E-state index is 0.162. The molecule has 2 rings (SSSR count). The Labute approximate surface area is 124 Å². The zero-order valence-electron chi connectivity index (χ0n) is 9.36. The first kappa shape index (κ1) is 13.6. The predicted octanol–water partition coefficient (Wildman–Crippen LogP) is 2.35. The van der Waals surface area contributed by atoms with E-state index in [0.29, 0.717) is 5.88 Å². The van der Waals surface area contributed by atoms with Crippen LogP contribution < -0.4 is 0 Å². The van der Waals surface area contributed by atoms with E-state index in [1.165, 1.54) is 0 Å². The molecule has 0 N–H and O–H groups in total. The summed E-state index contributed by atoms with van der Waals surface area (Å²) in [6.45, 7) is 4.39. The van der Waals surface area contributed by atoms with Gasteiger partial charge in [0.15, 0.2) is 0 Å². The van der Waals surface area contributed by atoms with Crippen LogP contribution in [0.25, 0.3) is 0 Å². The zero-order valence-corrected chi connectivity index (χ0v) is 13.1. The van der Waals surface area contributed by atoms with Gasteiger partial charge in [-0.1, -0.05) is 0 Å². The van der Waals surface area contributed by atoms with Gasteiger partial charge in [0.1, 0.15) is 0 Å². The highest BCUT2D eigenvalue weighted by molar-refractivity contribution is 14.1. The number of nitrogens with zero attached hydrogens (tertiary/aromatic N) is 2. The summed E-state index contributed by atoms with van der Waals surface area (Å²) in [5.41, 5.74) is 0.824. The van der Waals surface area contributed by atoms with Gasteiger partial charge >= 0.3 is 0 Å². The number of hydrogen-bond donors (Lipinski definition) is 0. The van der Waals surface area contributed by atoms with E-state index < -0.39 is 0 Å². The van der Waals surface area contributed by atoms with E-state index >= 15 is 0 Å². The van der Waals surface area contributed by atoms with Crippen LogP contribution in [0.4, 0.5) is 0 Å². The fourth-order valence-electron chi connectivity index (χ4n) is 1.90. The Bertz CT molecular complexity index is 391. The third-order valence-corrected chi connectivity index (χ3v) is 4.83. The number of halogens is 2. The van der Waals surface area contributed by atoms with Crippen LogP contribution in [0.3, 0.4) is 0 Å². The third kappa shape index (κ3) is 3.56. The summed E-state index contributed by atoms with van der Waals surface area (Å²) in [5, 5.41) is 1.94. The monoisotopic (exact) mass is 384 g/mol. The van der Waals surface area contributed by atoms with E-state index in [4.69, 9.17) is 11.6 Å². The molecule has 0 atom stereocenters.